The second-order valence-corrected chi connectivity index (χ2v) is 8.15. The number of benzene rings is 1. The molecule has 0 aliphatic carbocycles. The van der Waals surface area contributed by atoms with E-state index in [-0.39, 0.29) is 36.8 Å². The number of β-amino-alcohol motifs (C(OH)–C–C–N with tert-alkyl or cyclic N) is 1. The van der Waals surface area contributed by atoms with E-state index in [0.717, 1.165) is 31.7 Å². The van der Waals surface area contributed by atoms with Gasteiger partial charge in [-0.2, -0.15) is 5.10 Å². The number of aliphatic hydroxyl groups is 1. The minimum Gasteiger partial charge on any atom is -0.392 e. The van der Waals surface area contributed by atoms with E-state index in [9.17, 15) is 14.3 Å². The van der Waals surface area contributed by atoms with Gasteiger partial charge >= 0.3 is 0 Å². The highest BCUT2D eigenvalue weighted by molar-refractivity contribution is 5.94. The Balaban J connectivity index is 0.00000171. The molecule has 0 saturated carbocycles. The van der Waals surface area contributed by atoms with E-state index in [1.54, 1.807) is 13.0 Å². The summed E-state index contributed by atoms with van der Waals surface area (Å²) in [6.07, 6.45) is 1.02. The standard InChI is InChI=1S/C21H28FN5O2.2ClH/c1-14-5-15(7-16(22)6-14)21(29)24-17-9-20(28)13-26(11-17)12-18-8-19-10-23-3-2-4-27(19)25-18;;/h5-8,17,20,23,28H,2-4,9-13H2,1H3,(H,24,29);2*1H/t17-,20+;;/m0../s1. The van der Waals surface area contributed by atoms with E-state index in [1.165, 1.54) is 17.8 Å². The third-order valence-corrected chi connectivity index (χ3v) is 5.47. The monoisotopic (exact) mass is 473 g/mol. The van der Waals surface area contributed by atoms with Crippen LogP contribution in [-0.2, 0) is 19.6 Å². The first kappa shape index (κ1) is 25.5. The summed E-state index contributed by atoms with van der Waals surface area (Å²) < 4.78 is 15.7. The molecule has 7 nitrogen and oxygen atoms in total. The number of rotatable bonds is 4. The Morgan fingerprint density at radius 2 is 2.10 bits per heavy atom. The smallest absolute Gasteiger partial charge is 0.251 e. The number of nitrogens with one attached hydrogen (secondary N) is 2. The van der Waals surface area contributed by atoms with Crippen molar-refractivity contribution in [2.45, 2.75) is 51.5 Å². The fourth-order valence-corrected chi connectivity index (χ4v) is 4.26. The van der Waals surface area contributed by atoms with Crippen LogP contribution in [0.1, 0.15) is 40.2 Å². The first-order valence-corrected chi connectivity index (χ1v) is 10.2. The van der Waals surface area contributed by atoms with Crippen LogP contribution >= 0.6 is 24.8 Å². The minimum absolute atomic E-state index is 0. The van der Waals surface area contributed by atoms with Crippen LogP contribution in [0.15, 0.2) is 24.3 Å². The molecule has 0 bridgehead atoms. The third-order valence-electron chi connectivity index (χ3n) is 5.47. The van der Waals surface area contributed by atoms with Crippen molar-refractivity contribution >= 4 is 30.7 Å². The Hall–Kier alpha value is -1.71. The highest BCUT2D eigenvalue weighted by Gasteiger charge is 2.28. The molecule has 1 aromatic heterocycles. The number of aromatic nitrogens is 2. The van der Waals surface area contributed by atoms with Gasteiger partial charge in [0.2, 0.25) is 0 Å². The van der Waals surface area contributed by atoms with Gasteiger partial charge in [-0.3, -0.25) is 14.4 Å². The molecular weight excluding hydrogens is 444 g/mol. The Morgan fingerprint density at radius 3 is 2.87 bits per heavy atom. The lowest BCUT2D eigenvalue weighted by Crippen LogP contribution is -2.52. The number of halogens is 3. The number of hydrogen-bond acceptors (Lipinski definition) is 5. The van der Waals surface area contributed by atoms with E-state index in [4.69, 9.17) is 5.10 Å². The highest BCUT2D eigenvalue weighted by atomic mass is 35.5. The minimum atomic E-state index is -0.523. The van der Waals surface area contributed by atoms with Crippen LogP contribution in [0.3, 0.4) is 0 Å². The Bertz CT molecular complexity index is 851. The van der Waals surface area contributed by atoms with Gasteiger partial charge in [0, 0.05) is 44.3 Å². The van der Waals surface area contributed by atoms with Gasteiger partial charge in [-0.15, -0.1) is 24.8 Å². The average Bonchev–Trinajstić information content (AvgIpc) is 2.88. The summed E-state index contributed by atoms with van der Waals surface area (Å²) >= 11 is 0. The lowest BCUT2D eigenvalue weighted by molar-refractivity contribution is 0.0453. The normalized spacial score (nSPS) is 21.3. The van der Waals surface area contributed by atoms with E-state index in [1.807, 2.05) is 0 Å². The van der Waals surface area contributed by atoms with Gasteiger partial charge in [0.25, 0.3) is 5.91 Å². The fraction of sp³-hybridized carbons (Fsp3) is 0.524. The second kappa shape index (κ2) is 11.2. The molecule has 31 heavy (non-hydrogen) atoms. The second-order valence-electron chi connectivity index (χ2n) is 8.15. The summed E-state index contributed by atoms with van der Waals surface area (Å²) in [5.41, 5.74) is 3.17. The van der Waals surface area contributed by atoms with Crippen molar-refractivity contribution in [2.24, 2.45) is 0 Å². The van der Waals surface area contributed by atoms with Crippen molar-refractivity contribution in [3.8, 4) is 0 Å². The zero-order valence-electron chi connectivity index (χ0n) is 17.5. The molecule has 10 heteroatoms. The molecular formula is C21H30Cl2FN5O2. The summed E-state index contributed by atoms with van der Waals surface area (Å²) in [6.45, 7) is 6.29. The molecule has 4 rings (SSSR count). The molecule has 1 aromatic carbocycles. The number of aryl methyl sites for hydroxylation is 2. The molecule has 0 unspecified atom stereocenters. The molecule has 2 atom stereocenters. The zero-order chi connectivity index (χ0) is 20.4. The zero-order valence-corrected chi connectivity index (χ0v) is 19.1. The maximum Gasteiger partial charge on any atom is 0.251 e. The summed E-state index contributed by atoms with van der Waals surface area (Å²) in [5, 5.41) is 21.4. The summed E-state index contributed by atoms with van der Waals surface area (Å²) in [5.74, 6) is -0.735. The lowest BCUT2D eigenvalue weighted by atomic mass is 10.0. The number of carbonyl (C=O) groups excluding carboxylic acids is 1. The average molecular weight is 474 g/mol. The number of piperidine rings is 1. The number of carbonyl (C=O) groups is 1. The van der Waals surface area contributed by atoms with Crippen LogP contribution in [0.25, 0.3) is 0 Å². The number of hydrogen-bond donors (Lipinski definition) is 3. The number of nitrogens with zero attached hydrogens (tertiary/aromatic N) is 3. The van der Waals surface area contributed by atoms with Crippen molar-refractivity contribution in [3.63, 3.8) is 0 Å². The topological polar surface area (TPSA) is 82.4 Å². The van der Waals surface area contributed by atoms with Crippen LogP contribution < -0.4 is 10.6 Å². The quantitative estimate of drug-likeness (QED) is 0.632. The van der Waals surface area contributed by atoms with Crippen molar-refractivity contribution < 1.29 is 14.3 Å². The molecule has 0 radical (unpaired) electrons. The molecule has 2 aliphatic heterocycles. The lowest BCUT2D eigenvalue weighted by Gasteiger charge is -2.35. The maximum atomic E-state index is 13.6. The van der Waals surface area contributed by atoms with Gasteiger partial charge in [-0.1, -0.05) is 0 Å². The summed E-state index contributed by atoms with van der Waals surface area (Å²) in [7, 11) is 0. The van der Waals surface area contributed by atoms with E-state index >= 15 is 0 Å². The van der Waals surface area contributed by atoms with Gasteiger partial charge in [0.1, 0.15) is 5.82 Å². The van der Waals surface area contributed by atoms with Gasteiger partial charge < -0.3 is 15.7 Å². The number of aliphatic hydroxyl groups excluding tert-OH is 1. The molecule has 2 aromatic rings. The first-order chi connectivity index (χ1) is 14.0. The molecule has 2 aliphatic rings. The first-order valence-electron chi connectivity index (χ1n) is 10.2. The van der Waals surface area contributed by atoms with Crippen molar-refractivity contribution in [3.05, 3.63) is 52.6 Å². The molecule has 1 saturated heterocycles. The Morgan fingerprint density at radius 1 is 1.29 bits per heavy atom. The predicted octanol–water partition coefficient (Wildman–Crippen LogP) is 2.03. The molecule has 172 valence electrons. The molecule has 1 amide bonds. The maximum absolute atomic E-state index is 13.6. The van der Waals surface area contributed by atoms with Gasteiger partial charge in [0.15, 0.2) is 0 Å². The molecule has 1 fully saturated rings. The Kier molecular flexibility index (Phi) is 9.27. The van der Waals surface area contributed by atoms with Crippen LogP contribution in [0.5, 0.6) is 0 Å². The van der Waals surface area contributed by atoms with Crippen molar-refractivity contribution in [1.82, 2.24) is 25.3 Å². The van der Waals surface area contributed by atoms with Crippen LogP contribution in [0, 0.1) is 12.7 Å². The van der Waals surface area contributed by atoms with Crippen LogP contribution in [-0.4, -0.2) is 57.5 Å². The van der Waals surface area contributed by atoms with Gasteiger partial charge in [-0.05, 0) is 56.1 Å². The Labute approximate surface area is 194 Å². The number of amides is 1. The van der Waals surface area contributed by atoms with E-state index < -0.39 is 11.9 Å². The van der Waals surface area contributed by atoms with Crippen molar-refractivity contribution in [1.29, 1.82) is 0 Å². The van der Waals surface area contributed by atoms with E-state index in [2.05, 4.69) is 26.3 Å². The van der Waals surface area contributed by atoms with Crippen LogP contribution in [0.4, 0.5) is 4.39 Å². The van der Waals surface area contributed by atoms with Gasteiger partial charge in [-0.25, -0.2) is 4.39 Å². The third kappa shape index (κ3) is 6.63. The SMILES string of the molecule is Cc1cc(F)cc(C(=O)N[C@H]2C[C@@H](O)CN(Cc3cc4n(n3)CCCNC4)C2)c1.Cl.Cl. The van der Waals surface area contributed by atoms with Crippen molar-refractivity contribution in [2.75, 3.05) is 19.6 Å². The largest absolute Gasteiger partial charge is 0.392 e. The van der Waals surface area contributed by atoms with Crippen LogP contribution in [0.2, 0.25) is 0 Å². The van der Waals surface area contributed by atoms with Gasteiger partial charge in [0.05, 0.1) is 17.5 Å². The summed E-state index contributed by atoms with van der Waals surface area (Å²) in [4.78, 5) is 14.7. The molecule has 0 spiro atoms. The highest BCUT2D eigenvalue weighted by Crippen LogP contribution is 2.17. The summed E-state index contributed by atoms with van der Waals surface area (Å²) in [6, 6.07) is 6.22. The predicted molar refractivity (Wildman–Crippen MR) is 121 cm³/mol. The molecule has 3 heterocycles. The number of fused-ring (bicyclic) bond motifs is 1. The molecule has 3 N–H and O–H groups in total. The fourth-order valence-electron chi connectivity index (χ4n) is 4.26. The number of likely N-dealkylation sites (tertiary alicyclic amines) is 1. The van der Waals surface area contributed by atoms with E-state index in [0.29, 0.717) is 37.2 Å².